The van der Waals surface area contributed by atoms with E-state index in [2.05, 4.69) is 10.2 Å². The van der Waals surface area contributed by atoms with Gasteiger partial charge in [-0.25, -0.2) is 4.79 Å². The molecule has 0 bridgehead atoms. The Kier molecular flexibility index (Phi) is 4.78. The van der Waals surface area contributed by atoms with Gasteiger partial charge < -0.3 is 15.3 Å². The number of carbonyl (C=O) groups is 1. The number of aliphatic carboxylic acids is 1. The molecular formula is C14H24N2O2. The molecule has 4 heteroatoms. The molecule has 2 N–H and O–H groups in total. The van der Waals surface area contributed by atoms with Crippen LogP contribution in [-0.4, -0.2) is 48.2 Å². The van der Waals surface area contributed by atoms with Gasteiger partial charge in [0.1, 0.15) is 0 Å². The van der Waals surface area contributed by atoms with Crippen molar-refractivity contribution < 1.29 is 9.90 Å². The molecule has 2 aliphatic rings. The van der Waals surface area contributed by atoms with Crippen LogP contribution >= 0.6 is 0 Å². The predicted octanol–water partition coefficient (Wildman–Crippen LogP) is 1.48. The fraction of sp³-hybridized carbons (Fsp3) is 0.786. The highest BCUT2D eigenvalue weighted by Crippen LogP contribution is 2.31. The van der Waals surface area contributed by atoms with Gasteiger partial charge in [0.05, 0.1) is 0 Å². The molecule has 1 unspecified atom stereocenters. The molecule has 1 heterocycles. The molecule has 1 aliphatic heterocycles. The summed E-state index contributed by atoms with van der Waals surface area (Å²) < 4.78 is 0. The smallest absolute Gasteiger partial charge is 0.331 e. The van der Waals surface area contributed by atoms with Crippen molar-refractivity contribution in [3.8, 4) is 0 Å². The topological polar surface area (TPSA) is 52.6 Å². The molecule has 0 aromatic rings. The van der Waals surface area contributed by atoms with Gasteiger partial charge in [-0.1, -0.05) is 13.0 Å². The van der Waals surface area contributed by atoms with Gasteiger partial charge in [0.25, 0.3) is 0 Å². The molecule has 0 aromatic carbocycles. The van der Waals surface area contributed by atoms with Gasteiger partial charge in [-0.15, -0.1) is 0 Å². The summed E-state index contributed by atoms with van der Waals surface area (Å²) >= 11 is 0. The molecule has 1 atom stereocenters. The van der Waals surface area contributed by atoms with E-state index in [0.717, 1.165) is 18.5 Å². The number of carboxylic acids is 1. The molecule has 4 nitrogen and oxygen atoms in total. The van der Waals surface area contributed by atoms with Gasteiger partial charge in [-0.3, -0.25) is 0 Å². The quantitative estimate of drug-likeness (QED) is 0.532. The van der Waals surface area contributed by atoms with E-state index in [9.17, 15) is 4.79 Å². The number of carboxylic acid groups (broad SMARTS) is 1. The Labute approximate surface area is 109 Å². The normalized spacial score (nSPS) is 25.6. The molecule has 0 amide bonds. The van der Waals surface area contributed by atoms with Crippen molar-refractivity contribution in [3.05, 3.63) is 11.6 Å². The number of nitrogens with one attached hydrogen (secondary N) is 1. The van der Waals surface area contributed by atoms with Crippen LogP contribution in [-0.2, 0) is 4.79 Å². The van der Waals surface area contributed by atoms with Crippen molar-refractivity contribution in [2.24, 2.45) is 5.92 Å². The van der Waals surface area contributed by atoms with Crippen molar-refractivity contribution in [2.45, 2.75) is 38.6 Å². The first kappa shape index (κ1) is 13.6. The van der Waals surface area contributed by atoms with E-state index in [1.807, 2.05) is 6.92 Å². The van der Waals surface area contributed by atoms with Gasteiger partial charge in [0, 0.05) is 24.7 Å². The fourth-order valence-electron chi connectivity index (χ4n) is 2.67. The van der Waals surface area contributed by atoms with E-state index < -0.39 is 5.97 Å². The van der Waals surface area contributed by atoms with Crippen molar-refractivity contribution >= 4 is 5.97 Å². The molecule has 2 fully saturated rings. The number of likely N-dealkylation sites (tertiary alicyclic amines) is 1. The number of nitrogens with zero attached hydrogens (tertiary/aromatic N) is 1. The average Bonchev–Trinajstić information content (AvgIpc) is 3.09. The van der Waals surface area contributed by atoms with E-state index in [1.165, 1.54) is 32.4 Å². The summed E-state index contributed by atoms with van der Waals surface area (Å²) in [4.78, 5) is 13.4. The fourth-order valence-corrected chi connectivity index (χ4v) is 2.67. The summed E-state index contributed by atoms with van der Waals surface area (Å²) in [6.45, 7) is 6.04. The van der Waals surface area contributed by atoms with E-state index in [1.54, 1.807) is 6.08 Å². The van der Waals surface area contributed by atoms with Crippen LogP contribution in [0.25, 0.3) is 0 Å². The van der Waals surface area contributed by atoms with Crippen LogP contribution in [0.1, 0.15) is 32.6 Å². The van der Waals surface area contributed by atoms with Crippen molar-refractivity contribution in [2.75, 3.05) is 26.2 Å². The second kappa shape index (κ2) is 6.34. The molecule has 1 aliphatic carbocycles. The van der Waals surface area contributed by atoms with Crippen LogP contribution in [0, 0.1) is 5.92 Å². The first-order valence-corrected chi connectivity index (χ1v) is 7.07. The molecule has 102 valence electrons. The summed E-state index contributed by atoms with van der Waals surface area (Å²) in [6, 6.07) is 0.883. The van der Waals surface area contributed by atoms with Gasteiger partial charge in [-0.2, -0.15) is 0 Å². The Morgan fingerprint density at radius 2 is 2.22 bits per heavy atom. The van der Waals surface area contributed by atoms with E-state index >= 15 is 0 Å². The van der Waals surface area contributed by atoms with Crippen molar-refractivity contribution in [3.63, 3.8) is 0 Å². The first-order chi connectivity index (χ1) is 8.70. The minimum absolute atomic E-state index is 0.508. The highest BCUT2D eigenvalue weighted by molar-refractivity contribution is 5.86. The van der Waals surface area contributed by atoms with Crippen molar-refractivity contribution in [1.29, 1.82) is 0 Å². The summed E-state index contributed by atoms with van der Waals surface area (Å²) in [5.41, 5.74) is 0.508. The van der Waals surface area contributed by atoms with Crippen LogP contribution in [0.3, 0.4) is 0 Å². The maximum absolute atomic E-state index is 10.8. The Bertz CT molecular complexity index is 324. The maximum Gasteiger partial charge on any atom is 0.331 e. The number of rotatable bonds is 7. The van der Waals surface area contributed by atoms with Crippen molar-refractivity contribution in [1.82, 2.24) is 10.2 Å². The lowest BCUT2D eigenvalue weighted by Crippen LogP contribution is -2.27. The van der Waals surface area contributed by atoms with Gasteiger partial charge in [0.2, 0.25) is 0 Å². The van der Waals surface area contributed by atoms with E-state index in [0.29, 0.717) is 18.5 Å². The van der Waals surface area contributed by atoms with Crippen LogP contribution in [0.2, 0.25) is 0 Å². The number of hydrogen-bond donors (Lipinski definition) is 2. The Balaban J connectivity index is 1.62. The summed E-state index contributed by atoms with van der Waals surface area (Å²) in [6.07, 6.45) is 6.46. The monoisotopic (exact) mass is 252 g/mol. The maximum atomic E-state index is 10.8. The third kappa shape index (κ3) is 3.82. The third-order valence-corrected chi connectivity index (χ3v) is 3.96. The predicted molar refractivity (Wildman–Crippen MR) is 71.6 cm³/mol. The Morgan fingerprint density at radius 1 is 1.44 bits per heavy atom. The van der Waals surface area contributed by atoms with E-state index in [4.69, 9.17) is 5.11 Å². The summed E-state index contributed by atoms with van der Waals surface area (Å²) in [7, 11) is 0. The lowest BCUT2D eigenvalue weighted by Gasteiger charge is -2.14. The third-order valence-electron chi connectivity index (χ3n) is 3.96. The number of hydrogen-bond acceptors (Lipinski definition) is 3. The molecule has 2 rings (SSSR count). The molecular weight excluding hydrogens is 228 g/mol. The van der Waals surface area contributed by atoms with Gasteiger partial charge in [0.15, 0.2) is 0 Å². The lowest BCUT2D eigenvalue weighted by molar-refractivity contribution is -0.132. The zero-order valence-electron chi connectivity index (χ0n) is 11.2. The minimum atomic E-state index is -0.792. The average molecular weight is 252 g/mol. The Hall–Kier alpha value is -0.870. The summed E-state index contributed by atoms with van der Waals surface area (Å²) in [5.74, 6) is -0.0472. The van der Waals surface area contributed by atoms with Crippen LogP contribution in [0.5, 0.6) is 0 Å². The molecule has 0 spiro atoms. The molecule has 0 aromatic heterocycles. The second-order valence-electron chi connectivity index (χ2n) is 5.43. The highest BCUT2D eigenvalue weighted by Gasteiger charge is 2.33. The van der Waals surface area contributed by atoms with Crippen LogP contribution < -0.4 is 5.32 Å². The zero-order chi connectivity index (χ0) is 13.0. The zero-order valence-corrected chi connectivity index (χ0v) is 11.2. The molecule has 1 saturated carbocycles. The van der Waals surface area contributed by atoms with Gasteiger partial charge >= 0.3 is 5.97 Å². The molecule has 0 radical (unpaired) electrons. The Morgan fingerprint density at radius 3 is 2.83 bits per heavy atom. The first-order valence-electron chi connectivity index (χ1n) is 7.07. The van der Waals surface area contributed by atoms with Crippen LogP contribution in [0.15, 0.2) is 11.6 Å². The van der Waals surface area contributed by atoms with E-state index in [-0.39, 0.29) is 0 Å². The largest absolute Gasteiger partial charge is 0.478 e. The molecule has 1 saturated heterocycles. The molecule has 18 heavy (non-hydrogen) atoms. The van der Waals surface area contributed by atoms with Gasteiger partial charge in [-0.05, 0) is 44.7 Å². The second-order valence-corrected chi connectivity index (χ2v) is 5.43. The summed E-state index contributed by atoms with van der Waals surface area (Å²) in [5, 5.41) is 12.2. The van der Waals surface area contributed by atoms with Crippen LogP contribution in [0.4, 0.5) is 0 Å². The highest BCUT2D eigenvalue weighted by atomic mass is 16.4. The SMILES string of the molecule is CCC(=CCNCC1CCN(C2CC2)C1)C(=O)O. The lowest BCUT2D eigenvalue weighted by atomic mass is 10.1. The standard InChI is InChI=1S/C14H24N2O2/c1-2-12(14(17)18)5-7-15-9-11-6-8-16(10-11)13-3-4-13/h5,11,13,15H,2-4,6-10H2,1H3,(H,17,18). The minimum Gasteiger partial charge on any atom is -0.478 e.